The molecular formula is C13H16BrNO. The van der Waals surface area contributed by atoms with E-state index in [-0.39, 0.29) is 12.0 Å². The average Bonchev–Trinajstić information content (AvgIpc) is 2.58. The molecule has 0 radical (unpaired) electrons. The van der Waals surface area contributed by atoms with E-state index in [4.69, 9.17) is 5.11 Å². The molecule has 16 heavy (non-hydrogen) atoms. The minimum Gasteiger partial charge on any atom is -0.396 e. The van der Waals surface area contributed by atoms with Gasteiger partial charge in [-0.25, -0.2) is 0 Å². The van der Waals surface area contributed by atoms with Gasteiger partial charge in [0, 0.05) is 17.3 Å². The van der Waals surface area contributed by atoms with Crippen LogP contribution in [0.25, 0.3) is 0 Å². The summed E-state index contributed by atoms with van der Waals surface area (Å²) in [6.45, 7) is 4.58. The van der Waals surface area contributed by atoms with E-state index in [0.29, 0.717) is 12.3 Å². The van der Waals surface area contributed by atoms with Crippen molar-refractivity contribution in [2.75, 3.05) is 6.61 Å². The van der Waals surface area contributed by atoms with Gasteiger partial charge in [0.15, 0.2) is 0 Å². The zero-order valence-corrected chi connectivity index (χ0v) is 11.2. The number of hydrogen-bond donors (Lipinski definition) is 1. The van der Waals surface area contributed by atoms with Gasteiger partial charge in [-0.1, -0.05) is 41.9 Å². The van der Waals surface area contributed by atoms with Gasteiger partial charge in [0.05, 0.1) is 11.1 Å². The van der Waals surface area contributed by atoms with Crippen LogP contribution in [0.4, 0.5) is 0 Å². The Balaban J connectivity index is 2.43. The molecule has 86 valence electrons. The molecule has 1 N–H and O–H groups in total. The van der Waals surface area contributed by atoms with Crippen LogP contribution >= 0.6 is 15.9 Å². The van der Waals surface area contributed by atoms with Gasteiger partial charge >= 0.3 is 0 Å². The first-order valence-electron chi connectivity index (χ1n) is 5.56. The number of rotatable bonds is 3. The summed E-state index contributed by atoms with van der Waals surface area (Å²) in [6.07, 6.45) is 8.96. The lowest BCUT2D eigenvalue weighted by Gasteiger charge is -2.36. The highest BCUT2D eigenvalue weighted by Crippen LogP contribution is 2.46. The number of aliphatic hydroxyl groups excluding tert-OH is 1. The third-order valence-electron chi connectivity index (χ3n) is 3.39. The minimum atomic E-state index is -0.0972. The Morgan fingerprint density at radius 3 is 2.88 bits per heavy atom. The summed E-state index contributed by atoms with van der Waals surface area (Å²) in [4.78, 5) is 4.49. The smallest absolute Gasteiger partial charge is 0.0559 e. The molecule has 0 saturated carbocycles. The van der Waals surface area contributed by atoms with Gasteiger partial charge < -0.3 is 5.11 Å². The molecule has 1 heterocycles. The zero-order chi connectivity index (χ0) is 11.8. The van der Waals surface area contributed by atoms with Gasteiger partial charge in [0.2, 0.25) is 0 Å². The van der Waals surface area contributed by atoms with Gasteiger partial charge in [0.25, 0.3) is 0 Å². The lowest BCUT2D eigenvalue weighted by molar-refractivity contribution is 0.288. The zero-order valence-electron chi connectivity index (χ0n) is 9.57. The number of nitrogens with zero attached hydrogens (tertiary/aromatic N) is 1. The molecule has 1 atom stereocenters. The van der Waals surface area contributed by atoms with Crippen molar-refractivity contribution < 1.29 is 5.11 Å². The summed E-state index contributed by atoms with van der Waals surface area (Å²) < 4.78 is 1.06. The molecule has 1 unspecified atom stereocenters. The van der Waals surface area contributed by atoms with Crippen LogP contribution in [-0.2, 0) is 0 Å². The largest absolute Gasteiger partial charge is 0.396 e. The van der Waals surface area contributed by atoms with E-state index in [1.807, 2.05) is 6.20 Å². The Labute approximate surface area is 105 Å². The highest BCUT2D eigenvalue weighted by atomic mass is 79.9. The highest BCUT2D eigenvalue weighted by Gasteiger charge is 2.42. The summed E-state index contributed by atoms with van der Waals surface area (Å²) in [5.74, 6) is 0.444. The molecule has 0 aromatic carbocycles. The maximum Gasteiger partial charge on any atom is 0.0559 e. The van der Waals surface area contributed by atoms with Crippen molar-refractivity contribution in [1.29, 1.82) is 0 Å². The number of fused-ring (bicyclic) bond motifs is 1. The third kappa shape index (κ3) is 1.62. The van der Waals surface area contributed by atoms with Gasteiger partial charge in [-0.05, 0) is 24.0 Å². The molecule has 1 aliphatic heterocycles. The van der Waals surface area contributed by atoms with Crippen LogP contribution in [-0.4, -0.2) is 17.4 Å². The standard InChI is InChI=1S/C13H16BrNO/c1-9(2)13-5-3-11(14)7-12(13)15-8-10(13)4-6-16/h3,5,7-9,16H,4,6H2,1-2H3. The van der Waals surface area contributed by atoms with Gasteiger partial charge in [-0.3, -0.25) is 4.99 Å². The first kappa shape index (κ1) is 11.8. The Morgan fingerprint density at radius 1 is 1.50 bits per heavy atom. The van der Waals surface area contributed by atoms with Crippen LogP contribution in [0.2, 0.25) is 0 Å². The monoisotopic (exact) mass is 281 g/mol. The number of allylic oxidation sites excluding steroid dienone is 4. The average molecular weight is 282 g/mol. The summed E-state index contributed by atoms with van der Waals surface area (Å²) in [6, 6.07) is 0. The number of aliphatic hydroxyl groups is 1. The van der Waals surface area contributed by atoms with E-state index in [1.54, 1.807) is 0 Å². The molecule has 0 fully saturated rings. The maximum absolute atomic E-state index is 9.12. The molecule has 2 nitrogen and oxygen atoms in total. The van der Waals surface area contributed by atoms with Crippen LogP contribution in [0, 0.1) is 11.3 Å². The van der Waals surface area contributed by atoms with Gasteiger partial charge in [-0.2, -0.15) is 0 Å². The molecule has 0 aromatic rings. The van der Waals surface area contributed by atoms with Crippen LogP contribution < -0.4 is 0 Å². The van der Waals surface area contributed by atoms with Crippen molar-refractivity contribution in [2.45, 2.75) is 20.3 Å². The Bertz CT molecular complexity index is 418. The fraction of sp³-hybridized carbons (Fsp3) is 0.462. The van der Waals surface area contributed by atoms with Crippen LogP contribution in [0.15, 0.2) is 39.5 Å². The van der Waals surface area contributed by atoms with Crippen LogP contribution in [0.1, 0.15) is 20.3 Å². The predicted octanol–water partition coefficient (Wildman–Crippen LogP) is 3.20. The van der Waals surface area contributed by atoms with E-state index in [9.17, 15) is 0 Å². The van der Waals surface area contributed by atoms with E-state index < -0.39 is 0 Å². The molecule has 0 saturated heterocycles. The Hall–Kier alpha value is -0.670. The molecular weight excluding hydrogens is 266 g/mol. The van der Waals surface area contributed by atoms with E-state index in [2.05, 4.69) is 53.0 Å². The van der Waals surface area contributed by atoms with Crippen LogP contribution in [0.5, 0.6) is 0 Å². The summed E-state index contributed by atoms with van der Waals surface area (Å²) in [5.41, 5.74) is 2.20. The van der Waals surface area contributed by atoms with E-state index >= 15 is 0 Å². The van der Waals surface area contributed by atoms with Gasteiger partial charge in [-0.15, -0.1) is 0 Å². The predicted molar refractivity (Wildman–Crippen MR) is 70.6 cm³/mol. The lowest BCUT2D eigenvalue weighted by atomic mass is 9.67. The number of halogens is 1. The van der Waals surface area contributed by atoms with Crippen molar-refractivity contribution in [3.63, 3.8) is 0 Å². The molecule has 0 amide bonds. The van der Waals surface area contributed by atoms with Crippen molar-refractivity contribution in [1.82, 2.24) is 0 Å². The quantitative estimate of drug-likeness (QED) is 0.847. The second kappa shape index (κ2) is 4.30. The lowest BCUT2D eigenvalue weighted by Crippen LogP contribution is -2.35. The summed E-state index contributed by atoms with van der Waals surface area (Å²) in [5, 5.41) is 9.12. The first-order chi connectivity index (χ1) is 7.61. The molecule has 3 heteroatoms. The van der Waals surface area contributed by atoms with E-state index in [1.165, 1.54) is 5.57 Å². The number of aliphatic imine (C=N–C) groups is 1. The second-order valence-corrected chi connectivity index (χ2v) is 5.44. The SMILES string of the molecule is CC(C)C12C=CC(Br)=CC1=NC=C2CCO. The molecule has 2 aliphatic rings. The van der Waals surface area contributed by atoms with Crippen LogP contribution in [0.3, 0.4) is 0 Å². The fourth-order valence-electron chi connectivity index (χ4n) is 2.52. The summed E-state index contributed by atoms with van der Waals surface area (Å²) in [7, 11) is 0. The van der Waals surface area contributed by atoms with Crippen molar-refractivity contribution >= 4 is 21.6 Å². The number of hydrogen-bond acceptors (Lipinski definition) is 2. The van der Waals surface area contributed by atoms with Gasteiger partial charge in [0.1, 0.15) is 0 Å². The molecule has 0 aromatic heterocycles. The van der Waals surface area contributed by atoms with Crippen molar-refractivity contribution in [3.05, 3.63) is 34.5 Å². The highest BCUT2D eigenvalue weighted by molar-refractivity contribution is 9.11. The van der Waals surface area contributed by atoms with Crippen molar-refractivity contribution in [3.8, 4) is 0 Å². The molecule has 2 rings (SSSR count). The molecule has 1 aliphatic carbocycles. The molecule has 0 bridgehead atoms. The third-order valence-corrected chi connectivity index (χ3v) is 3.88. The normalized spacial score (nSPS) is 27.7. The Morgan fingerprint density at radius 2 is 2.25 bits per heavy atom. The minimum absolute atomic E-state index is 0.0972. The fourth-order valence-corrected chi connectivity index (χ4v) is 2.86. The molecule has 0 spiro atoms. The topological polar surface area (TPSA) is 32.6 Å². The first-order valence-corrected chi connectivity index (χ1v) is 6.35. The van der Waals surface area contributed by atoms with Crippen molar-refractivity contribution in [2.24, 2.45) is 16.3 Å². The second-order valence-electron chi connectivity index (χ2n) is 4.53. The van der Waals surface area contributed by atoms with E-state index in [0.717, 1.165) is 10.2 Å². The Kier molecular flexibility index (Phi) is 3.17. The summed E-state index contributed by atoms with van der Waals surface area (Å²) >= 11 is 3.48. The maximum atomic E-state index is 9.12.